The summed E-state index contributed by atoms with van der Waals surface area (Å²) in [5.41, 5.74) is 0.863. The van der Waals surface area contributed by atoms with Gasteiger partial charge >= 0.3 is 0 Å². The minimum Gasteiger partial charge on any atom is -0.448 e. The number of hydrogen-bond donors (Lipinski definition) is 1. The van der Waals surface area contributed by atoms with Crippen molar-refractivity contribution < 1.29 is 13.2 Å². The molecule has 1 aliphatic rings. The Bertz CT molecular complexity index is 355. The van der Waals surface area contributed by atoms with Crippen molar-refractivity contribution in [2.45, 2.75) is 51.0 Å². The van der Waals surface area contributed by atoms with E-state index in [2.05, 4.69) is 10.3 Å². The zero-order valence-electron chi connectivity index (χ0n) is 10.0. The molecule has 0 unspecified atom stereocenters. The highest BCUT2D eigenvalue weighted by molar-refractivity contribution is 5.13. The SMILES string of the molecule is CCNCc1ncoc1C1CCC(F)(F)CC1. The van der Waals surface area contributed by atoms with E-state index < -0.39 is 5.92 Å². The van der Waals surface area contributed by atoms with Gasteiger partial charge in [0.05, 0.1) is 5.69 Å². The first-order chi connectivity index (χ1) is 8.12. The number of oxazole rings is 1. The molecule has 1 heterocycles. The number of rotatable bonds is 4. The molecule has 1 fully saturated rings. The second kappa shape index (κ2) is 5.12. The van der Waals surface area contributed by atoms with Gasteiger partial charge in [0.2, 0.25) is 5.92 Å². The summed E-state index contributed by atoms with van der Waals surface area (Å²) in [7, 11) is 0. The maximum absolute atomic E-state index is 13.1. The highest BCUT2D eigenvalue weighted by Gasteiger charge is 2.37. The van der Waals surface area contributed by atoms with Gasteiger partial charge in [0.15, 0.2) is 6.39 Å². The highest BCUT2D eigenvalue weighted by atomic mass is 19.3. The Labute approximate surface area is 99.6 Å². The summed E-state index contributed by atoms with van der Waals surface area (Å²) in [4.78, 5) is 4.15. The van der Waals surface area contributed by atoms with Crippen LogP contribution in [0.4, 0.5) is 8.78 Å². The lowest BCUT2D eigenvalue weighted by molar-refractivity contribution is -0.0396. The predicted octanol–water partition coefficient (Wildman–Crippen LogP) is 3.08. The average molecular weight is 244 g/mol. The molecule has 96 valence electrons. The van der Waals surface area contributed by atoms with E-state index in [1.165, 1.54) is 6.39 Å². The third-order valence-electron chi connectivity index (χ3n) is 3.30. The van der Waals surface area contributed by atoms with Gasteiger partial charge < -0.3 is 9.73 Å². The van der Waals surface area contributed by atoms with Crippen LogP contribution >= 0.6 is 0 Å². The van der Waals surface area contributed by atoms with E-state index in [1.807, 2.05) is 6.92 Å². The zero-order valence-corrected chi connectivity index (χ0v) is 10.0. The zero-order chi connectivity index (χ0) is 12.3. The van der Waals surface area contributed by atoms with Crippen LogP contribution in [0.15, 0.2) is 10.8 Å². The molecule has 17 heavy (non-hydrogen) atoms. The molecule has 0 spiro atoms. The summed E-state index contributed by atoms with van der Waals surface area (Å²) in [6.45, 7) is 3.52. The average Bonchev–Trinajstić information content (AvgIpc) is 2.74. The van der Waals surface area contributed by atoms with Crippen LogP contribution in [0, 0.1) is 0 Å². The monoisotopic (exact) mass is 244 g/mol. The maximum Gasteiger partial charge on any atom is 0.248 e. The first-order valence-electron chi connectivity index (χ1n) is 6.13. The van der Waals surface area contributed by atoms with Gasteiger partial charge in [0, 0.05) is 25.3 Å². The molecule has 1 aromatic rings. The summed E-state index contributed by atoms with van der Waals surface area (Å²) < 4.78 is 31.5. The summed E-state index contributed by atoms with van der Waals surface area (Å²) in [5.74, 6) is -1.59. The fourth-order valence-electron chi connectivity index (χ4n) is 2.29. The Hall–Kier alpha value is -0.970. The van der Waals surface area contributed by atoms with Gasteiger partial charge in [-0.1, -0.05) is 6.92 Å². The molecular weight excluding hydrogens is 226 g/mol. The Balaban J connectivity index is 2.00. The minimum absolute atomic E-state index is 0.0426. The number of halogens is 2. The van der Waals surface area contributed by atoms with Crippen LogP contribution in [-0.4, -0.2) is 17.5 Å². The Kier molecular flexibility index (Phi) is 3.76. The van der Waals surface area contributed by atoms with Gasteiger partial charge in [0.25, 0.3) is 0 Å². The Morgan fingerprint density at radius 2 is 2.18 bits per heavy atom. The van der Waals surface area contributed by atoms with E-state index in [4.69, 9.17) is 4.42 Å². The molecule has 0 amide bonds. The lowest BCUT2D eigenvalue weighted by Crippen LogP contribution is -2.24. The highest BCUT2D eigenvalue weighted by Crippen LogP contribution is 2.41. The van der Waals surface area contributed by atoms with Crippen LogP contribution in [0.2, 0.25) is 0 Å². The van der Waals surface area contributed by atoms with Crippen molar-refractivity contribution in [3.05, 3.63) is 17.8 Å². The summed E-state index contributed by atoms with van der Waals surface area (Å²) >= 11 is 0. The van der Waals surface area contributed by atoms with E-state index in [0.717, 1.165) is 18.0 Å². The van der Waals surface area contributed by atoms with E-state index in [1.54, 1.807) is 0 Å². The molecule has 1 N–H and O–H groups in total. The molecule has 1 saturated carbocycles. The standard InChI is InChI=1S/C12H18F2N2O/c1-2-15-7-10-11(17-8-16-10)9-3-5-12(13,14)6-4-9/h8-9,15H,2-7H2,1H3. The van der Waals surface area contributed by atoms with Gasteiger partial charge in [0.1, 0.15) is 5.76 Å². The van der Waals surface area contributed by atoms with E-state index >= 15 is 0 Å². The molecule has 0 aliphatic heterocycles. The molecule has 1 aliphatic carbocycles. The van der Waals surface area contributed by atoms with Crippen LogP contribution in [-0.2, 0) is 6.54 Å². The Morgan fingerprint density at radius 1 is 1.47 bits per heavy atom. The fourth-order valence-corrected chi connectivity index (χ4v) is 2.29. The molecule has 0 atom stereocenters. The maximum atomic E-state index is 13.1. The van der Waals surface area contributed by atoms with Gasteiger partial charge in [-0.25, -0.2) is 13.8 Å². The minimum atomic E-state index is -2.49. The molecule has 0 radical (unpaired) electrons. The van der Waals surface area contributed by atoms with E-state index in [-0.39, 0.29) is 18.8 Å². The second-order valence-electron chi connectivity index (χ2n) is 4.57. The quantitative estimate of drug-likeness (QED) is 0.884. The second-order valence-corrected chi connectivity index (χ2v) is 4.57. The molecule has 0 bridgehead atoms. The van der Waals surface area contributed by atoms with Crippen LogP contribution in [0.1, 0.15) is 50.0 Å². The number of alkyl halides is 2. The van der Waals surface area contributed by atoms with Crippen molar-refractivity contribution in [2.75, 3.05) is 6.54 Å². The number of nitrogens with zero attached hydrogens (tertiary/aromatic N) is 1. The summed E-state index contributed by atoms with van der Waals surface area (Å²) in [5, 5.41) is 3.18. The van der Waals surface area contributed by atoms with Crippen LogP contribution < -0.4 is 5.32 Å². The largest absolute Gasteiger partial charge is 0.448 e. The molecular formula is C12H18F2N2O. The van der Waals surface area contributed by atoms with Crippen molar-refractivity contribution >= 4 is 0 Å². The lowest BCUT2D eigenvalue weighted by atomic mass is 9.84. The molecule has 5 heteroatoms. The van der Waals surface area contributed by atoms with Crippen LogP contribution in [0.5, 0.6) is 0 Å². The third-order valence-corrected chi connectivity index (χ3v) is 3.30. The summed E-state index contributed by atoms with van der Waals surface area (Å²) in [6, 6.07) is 0. The van der Waals surface area contributed by atoms with Gasteiger partial charge in [-0.3, -0.25) is 0 Å². The normalized spacial score (nSPS) is 20.6. The molecule has 2 rings (SSSR count). The van der Waals surface area contributed by atoms with Gasteiger partial charge in [-0.05, 0) is 19.4 Å². The first kappa shape index (κ1) is 12.5. The molecule has 1 aromatic heterocycles. The number of hydrogen-bond acceptors (Lipinski definition) is 3. The topological polar surface area (TPSA) is 38.1 Å². The van der Waals surface area contributed by atoms with Gasteiger partial charge in [-0.15, -0.1) is 0 Å². The third kappa shape index (κ3) is 3.03. The van der Waals surface area contributed by atoms with Gasteiger partial charge in [-0.2, -0.15) is 0 Å². The molecule has 3 nitrogen and oxygen atoms in total. The van der Waals surface area contributed by atoms with Crippen LogP contribution in [0.25, 0.3) is 0 Å². The number of aromatic nitrogens is 1. The number of nitrogens with one attached hydrogen (secondary N) is 1. The first-order valence-corrected chi connectivity index (χ1v) is 6.13. The summed E-state index contributed by atoms with van der Waals surface area (Å²) in [6.07, 6.45) is 2.30. The molecule has 0 aromatic carbocycles. The van der Waals surface area contributed by atoms with Crippen molar-refractivity contribution in [1.82, 2.24) is 10.3 Å². The predicted molar refractivity (Wildman–Crippen MR) is 60.0 cm³/mol. The van der Waals surface area contributed by atoms with Crippen molar-refractivity contribution in [1.29, 1.82) is 0 Å². The Morgan fingerprint density at radius 3 is 2.82 bits per heavy atom. The molecule has 0 saturated heterocycles. The van der Waals surface area contributed by atoms with E-state index in [0.29, 0.717) is 19.4 Å². The van der Waals surface area contributed by atoms with Crippen molar-refractivity contribution in [2.24, 2.45) is 0 Å². The van der Waals surface area contributed by atoms with Crippen molar-refractivity contribution in [3.8, 4) is 0 Å². The smallest absolute Gasteiger partial charge is 0.248 e. The van der Waals surface area contributed by atoms with Crippen molar-refractivity contribution in [3.63, 3.8) is 0 Å². The van der Waals surface area contributed by atoms with E-state index in [9.17, 15) is 8.78 Å². The lowest BCUT2D eigenvalue weighted by Gasteiger charge is -2.27. The fraction of sp³-hybridized carbons (Fsp3) is 0.750. The van der Waals surface area contributed by atoms with Crippen LogP contribution in [0.3, 0.4) is 0 Å².